The Morgan fingerprint density at radius 3 is 2.39 bits per heavy atom. The first-order chi connectivity index (χ1) is 15.0. The molecule has 0 atom stereocenters. The van der Waals surface area contributed by atoms with Crippen molar-refractivity contribution >= 4 is 22.8 Å². The van der Waals surface area contributed by atoms with Gasteiger partial charge in [0.2, 0.25) is 0 Å². The molecule has 4 rings (SSSR count). The number of rotatable bonds is 5. The molecule has 2 aromatic carbocycles. The molecule has 2 aromatic heterocycles. The van der Waals surface area contributed by atoms with E-state index < -0.39 is 17.8 Å². The van der Waals surface area contributed by atoms with Gasteiger partial charge in [-0.3, -0.25) is 4.68 Å². The predicted molar refractivity (Wildman–Crippen MR) is 115 cm³/mol. The van der Waals surface area contributed by atoms with Crippen molar-refractivity contribution in [2.24, 2.45) is 0 Å². The summed E-state index contributed by atoms with van der Waals surface area (Å²) in [6.07, 6.45) is 0. The van der Waals surface area contributed by atoms with Gasteiger partial charge in [-0.15, -0.1) is 0 Å². The number of hydrogen-bond donors (Lipinski definition) is 0. The van der Waals surface area contributed by atoms with E-state index in [1.165, 1.54) is 19.2 Å². The van der Waals surface area contributed by atoms with Gasteiger partial charge in [0.1, 0.15) is 11.5 Å². The molecule has 7 heteroatoms. The summed E-state index contributed by atoms with van der Waals surface area (Å²) in [6, 6.07) is 17.1. The maximum Gasteiger partial charge on any atom is 0.356 e. The third-order valence-corrected chi connectivity index (χ3v) is 5.11. The Kier molecular flexibility index (Phi) is 5.33. The molecule has 0 unspecified atom stereocenters. The van der Waals surface area contributed by atoms with Crippen molar-refractivity contribution in [3.8, 4) is 11.3 Å². The lowest BCUT2D eigenvalue weighted by Crippen LogP contribution is -2.20. The van der Waals surface area contributed by atoms with E-state index in [2.05, 4.69) is 0 Å². The molecular weight excluding hydrogens is 399 g/mol. The third kappa shape index (κ3) is 3.48. The van der Waals surface area contributed by atoms with Gasteiger partial charge in [-0.1, -0.05) is 30.3 Å². The summed E-state index contributed by atoms with van der Waals surface area (Å²) < 4.78 is 27.5. The van der Waals surface area contributed by atoms with Crippen LogP contribution < -0.4 is 0 Å². The second-order valence-corrected chi connectivity index (χ2v) is 6.96. The van der Waals surface area contributed by atoms with Crippen LogP contribution in [-0.2, 0) is 9.47 Å². The second-order valence-electron chi connectivity index (χ2n) is 6.96. The first-order valence-electron chi connectivity index (χ1n) is 9.81. The van der Waals surface area contributed by atoms with Crippen LogP contribution in [0.15, 0.2) is 60.7 Å². The van der Waals surface area contributed by atoms with E-state index in [4.69, 9.17) is 9.47 Å². The highest BCUT2D eigenvalue weighted by molar-refractivity contribution is 5.97. The number of benzene rings is 2. The van der Waals surface area contributed by atoms with Crippen LogP contribution in [0, 0.1) is 12.7 Å². The van der Waals surface area contributed by atoms with Crippen molar-refractivity contribution in [2.45, 2.75) is 13.8 Å². The Morgan fingerprint density at radius 2 is 1.71 bits per heavy atom. The summed E-state index contributed by atoms with van der Waals surface area (Å²) in [6.45, 7) is 3.68. The lowest BCUT2D eigenvalue weighted by atomic mass is 10.1. The summed E-state index contributed by atoms with van der Waals surface area (Å²) >= 11 is 0. The molecule has 0 aliphatic rings. The molecule has 0 radical (unpaired) electrons. The molecule has 158 valence electrons. The third-order valence-electron chi connectivity index (χ3n) is 5.11. The fourth-order valence-corrected chi connectivity index (χ4v) is 3.72. The number of carbonyl (C=O) groups is 2. The van der Waals surface area contributed by atoms with Gasteiger partial charge in [-0.05, 0) is 44.2 Å². The monoisotopic (exact) mass is 420 g/mol. The second kappa shape index (κ2) is 8.10. The number of aromatic nitrogens is 2. The summed E-state index contributed by atoms with van der Waals surface area (Å²) in [7, 11) is 1.32. The Labute approximate surface area is 178 Å². The van der Waals surface area contributed by atoms with E-state index in [0.717, 1.165) is 5.56 Å². The first kappa shape index (κ1) is 20.4. The number of carbonyl (C=O) groups excluding carboxylic acids is 2. The molecule has 2 heterocycles. The van der Waals surface area contributed by atoms with Crippen molar-refractivity contribution in [3.05, 3.63) is 83.4 Å². The number of esters is 2. The van der Waals surface area contributed by atoms with Crippen LogP contribution in [-0.4, -0.2) is 35.0 Å². The standard InChI is InChI=1S/C24H21FN2O4/c1-4-31-24(29)22-13-17-12-18(25)10-11-20(17)27(22)26-15(2)19(23(28)30-3)14-21(26)16-8-6-5-7-9-16/h5-14H,4H2,1-3H3. The average molecular weight is 420 g/mol. The molecule has 0 saturated carbocycles. The van der Waals surface area contributed by atoms with Crippen molar-refractivity contribution in [1.29, 1.82) is 0 Å². The molecule has 0 fully saturated rings. The quantitative estimate of drug-likeness (QED) is 0.434. The summed E-state index contributed by atoms with van der Waals surface area (Å²) in [4.78, 5) is 25.3. The van der Waals surface area contributed by atoms with Gasteiger partial charge >= 0.3 is 11.9 Å². The topological polar surface area (TPSA) is 62.5 Å². The van der Waals surface area contributed by atoms with Crippen LogP contribution in [0.1, 0.15) is 33.5 Å². The van der Waals surface area contributed by atoms with E-state index >= 15 is 0 Å². The Hall–Kier alpha value is -3.87. The minimum atomic E-state index is -0.550. The molecule has 0 bridgehead atoms. The molecule has 0 amide bonds. The number of ether oxygens (including phenoxy) is 2. The summed E-state index contributed by atoms with van der Waals surface area (Å²) in [5.41, 5.74) is 3.25. The number of hydrogen-bond acceptors (Lipinski definition) is 4. The van der Waals surface area contributed by atoms with Crippen molar-refractivity contribution in [3.63, 3.8) is 0 Å². The average Bonchev–Trinajstić information content (AvgIpc) is 3.31. The van der Waals surface area contributed by atoms with E-state index in [1.807, 2.05) is 30.3 Å². The Morgan fingerprint density at radius 1 is 0.968 bits per heavy atom. The maximum atomic E-state index is 13.9. The van der Waals surface area contributed by atoms with Gasteiger partial charge in [0.05, 0.1) is 36.2 Å². The van der Waals surface area contributed by atoms with E-state index in [9.17, 15) is 14.0 Å². The van der Waals surface area contributed by atoms with E-state index in [-0.39, 0.29) is 12.3 Å². The smallest absolute Gasteiger partial charge is 0.356 e. The first-order valence-corrected chi connectivity index (χ1v) is 9.81. The van der Waals surface area contributed by atoms with Crippen molar-refractivity contribution in [1.82, 2.24) is 9.35 Å². The minimum absolute atomic E-state index is 0.193. The molecule has 0 saturated heterocycles. The molecule has 0 aliphatic heterocycles. The molecule has 6 nitrogen and oxygen atoms in total. The van der Waals surface area contributed by atoms with Gasteiger partial charge in [-0.2, -0.15) is 0 Å². The maximum absolute atomic E-state index is 13.9. The predicted octanol–water partition coefficient (Wildman–Crippen LogP) is 4.83. The van der Waals surface area contributed by atoms with Gasteiger partial charge in [-0.25, -0.2) is 18.7 Å². The van der Waals surface area contributed by atoms with Crippen LogP contribution in [0.3, 0.4) is 0 Å². The number of fused-ring (bicyclic) bond motifs is 1. The van der Waals surface area contributed by atoms with Crippen LogP contribution in [0.2, 0.25) is 0 Å². The lowest BCUT2D eigenvalue weighted by molar-refractivity contribution is 0.0512. The molecule has 31 heavy (non-hydrogen) atoms. The van der Waals surface area contributed by atoms with Crippen LogP contribution in [0.25, 0.3) is 22.2 Å². The summed E-state index contributed by atoms with van der Waals surface area (Å²) in [5.74, 6) is -1.46. The molecule has 0 spiro atoms. The van der Waals surface area contributed by atoms with Crippen molar-refractivity contribution < 1.29 is 23.5 Å². The number of methoxy groups -OCH3 is 1. The highest BCUT2D eigenvalue weighted by Gasteiger charge is 2.25. The van der Waals surface area contributed by atoms with E-state index in [0.29, 0.717) is 27.9 Å². The normalized spacial score (nSPS) is 11.0. The van der Waals surface area contributed by atoms with Crippen LogP contribution in [0.4, 0.5) is 4.39 Å². The molecule has 0 aliphatic carbocycles. The SMILES string of the molecule is CCOC(=O)c1cc2cc(F)ccc2n1-n1c(-c2ccccc2)cc(C(=O)OC)c1C. The summed E-state index contributed by atoms with van der Waals surface area (Å²) in [5, 5.41) is 0.537. The number of halogens is 1. The van der Waals surface area contributed by atoms with Crippen LogP contribution >= 0.6 is 0 Å². The minimum Gasteiger partial charge on any atom is -0.465 e. The largest absolute Gasteiger partial charge is 0.465 e. The zero-order valence-electron chi connectivity index (χ0n) is 17.4. The van der Waals surface area contributed by atoms with Crippen molar-refractivity contribution in [2.75, 3.05) is 13.7 Å². The Bertz CT molecular complexity index is 1290. The molecular formula is C24H21FN2O4. The number of nitrogens with zero attached hydrogens (tertiary/aromatic N) is 2. The van der Waals surface area contributed by atoms with Crippen LogP contribution in [0.5, 0.6) is 0 Å². The fraction of sp³-hybridized carbons (Fsp3) is 0.167. The highest BCUT2D eigenvalue weighted by Crippen LogP contribution is 2.31. The fourth-order valence-electron chi connectivity index (χ4n) is 3.72. The van der Waals surface area contributed by atoms with Gasteiger partial charge < -0.3 is 9.47 Å². The van der Waals surface area contributed by atoms with Gasteiger partial charge in [0.15, 0.2) is 0 Å². The zero-order chi connectivity index (χ0) is 22.1. The molecule has 0 N–H and O–H groups in total. The zero-order valence-corrected chi connectivity index (χ0v) is 17.4. The van der Waals surface area contributed by atoms with E-state index in [1.54, 1.807) is 41.4 Å². The Balaban J connectivity index is 2.10. The van der Waals surface area contributed by atoms with Gasteiger partial charge in [0, 0.05) is 10.9 Å². The van der Waals surface area contributed by atoms with Gasteiger partial charge in [0.25, 0.3) is 0 Å². The lowest BCUT2D eigenvalue weighted by Gasteiger charge is -2.18. The molecule has 4 aromatic rings. The highest BCUT2D eigenvalue weighted by atomic mass is 19.1.